The average Bonchev–Trinajstić information content (AvgIpc) is 3.38. The molecule has 2 saturated carbocycles. The van der Waals surface area contributed by atoms with Crippen LogP contribution in [0, 0.1) is 23.0 Å². The molecule has 3 heterocycles. The van der Waals surface area contributed by atoms with Gasteiger partial charge in [-0.2, -0.15) is 5.10 Å². The van der Waals surface area contributed by atoms with Crippen LogP contribution in [-0.4, -0.2) is 37.0 Å². The van der Waals surface area contributed by atoms with Crippen LogP contribution in [0.4, 0.5) is 14.6 Å². The van der Waals surface area contributed by atoms with E-state index >= 15 is 0 Å². The van der Waals surface area contributed by atoms with Crippen molar-refractivity contribution in [3.05, 3.63) is 30.1 Å². The number of hydrogen-bond acceptors (Lipinski definition) is 6. The highest BCUT2D eigenvalue weighted by atomic mass is 19.1. The quantitative estimate of drug-likeness (QED) is 0.641. The maximum absolute atomic E-state index is 14.8. The lowest BCUT2D eigenvalue weighted by Gasteiger charge is -2.46. The van der Waals surface area contributed by atoms with Crippen LogP contribution in [0.25, 0.3) is 22.6 Å². The summed E-state index contributed by atoms with van der Waals surface area (Å²) >= 11 is 0. The summed E-state index contributed by atoms with van der Waals surface area (Å²) in [6.45, 7) is 1.62. The summed E-state index contributed by atoms with van der Waals surface area (Å²) < 4.78 is 28.5. The van der Waals surface area contributed by atoms with E-state index in [1.165, 1.54) is 6.07 Å². The molecular formula is C22H24F2N6O. The summed E-state index contributed by atoms with van der Waals surface area (Å²) in [4.78, 5) is 24.9. The van der Waals surface area contributed by atoms with Crippen molar-refractivity contribution in [1.82, 2.24) is 25.1 Å². The second-order valence-corrected chi connectivity index (χ2v) is 8.81. The SMILES string of the molecule is CC(=O)C1CCCC2(CCCC2)C1Nc1nc(-c2[nH]nc3ncc(F)cc23)ncc1F. The normalized spacial score (nSPS) is 22.8. The minimum absolute atomic E-state index is 0.0140. The summed E-state index contributed by atoms with van der Waals surface area (Å²) in [6.07, 6.45) is 9.33. The predicted octanol–water partition coefficient (Wildman–Crippen LogP) is 4.42. The first kappa shape index (κ1) is 20.0. The largest absolute Gasteiger partial charge is 0.363 e. The molecule has 3 aromatic heterocycles. The fraction of sp³-hybridized carbons (Fsp3) is 0.500. The summed E-state index contributed by atoms with van der Waals surface area (Å²) in [6, 6.07) is 1.12. The Morgan fingerprint density at radius 2 is 1.94 bits per heavy atom. The van der Waals surface area contributed by atoms with E-state index in [1.54, 1.807) is 6.92 Å². The maximum atomic E-state index is 14.8. The molecule has 31 heavy (non-hydrogen) atoms. The van der Waals surface area contributed by atoms with Gasteiger partial charge < -0.3 is 5.32 Å². The molecule has 0 bridgehead atoms. The molecule has 5 rings (SSSR count). The number of anilines is 1. The smallest absolute Gasteiger partial charge is 0.183 e. The molecule has 0 aromatic carbocycles. The molecule has 2 unspecified atom stereocenters. The van der Waals surface area contributed by atoms with E-state index < -0.39 is 11.6 Å². The molecule has 0 amide bonds. The first-order valence-electron chi connectivity index (χ1n) is 10.8. The summed E-state index contributed by atoms with van der Waals surface area (Å²) in [5.74, 6) is -0.894. The number of aromatic amines is 1. The molecule has 162 valence electrons. The molecule has 1 spiro atoms. The Morgan fingerprint density at radius 3 is 2.71 bits per heavy atom. The van der Waals surface area contributed by atoms with Crippen molar-refractivity contribution in [2.45, 2.75) is 57.9 Å². The Hall–Kier alpha value is -2.97. The van der Waals surface area contributed by atoms with E-state index in [4.69, 9.17) is 0 Å². The molecule has 2 atom stereocenters. The fourth-order valence-electron chi connectivity index (χ4n) is 5.54. The number of aromatic nitrogens is 5. The van der Waals surface area contributed by atoms with Gasteiger partial charge in [-0.1, -0.05) is 19.3 Å². The van der Waals surface area contributed by atoms with Gasteiger partial charge in [0.25, 0.3) is 0 Å². The standard InChI is InChI=1S/C22H24F2N6O/c1-12(31)14-5-4-8-22(6-2-3-7-22)18(14)27-20-16(24)11-26-21(28-20)17-15-9-13(23)10-25-19(15)30-29-17/h9-11,14,18H,2-8H2,1H3,(H,25,29,30)(H,26,27,28). The highest BCUT2D eigenvalue weighted by molar-refractivity contribution is 5.88. The Morgan fingerprint density at radius 1 is 1.16 bits per heavy atom. The molecule has 2 aliphatic rings. The zero-order chi connectivity index (χ0) is 21.6. The number of pyridine rings is 1. The van der Waals surface area contributed by atoms with Gasteiger partial charge in [0.1, 0.15) is 17.3 Å². The molecule has 2 aliphatic carbocycles. The molecule has 3 aromatic rings. The molecule has 9 heteroatoms. The number of nitrogens with zero attached hydrogens (tertiary/aromatic N) is 4. The van der Waals surface area contributed by atoms with Gasteiger partial charge in [-0.3, -0.25) is 9.89 Å². The number of nitrogens with one attached hydrogen (secondary N) is 2. The van der Waals surface area contributed by atoms with E-state index in [0.29, 0.717) is 16.7 Å². The van der Waals surface area contributed by atoms with Gasteiger partial charge in [-0.25, -0.2) is 23.7 Å². The second kappa shape index (κ2) is 7.62. The lowest BCUT2D eigenvalue weighted by molar-refractivity contribution is -0.123. The van der Waals surface area contributed by atoms with Gasteiger partial charge in [0, 0.05) is 12.0 Å². The van der Waals surface area contributed by atoms with Crippen molar-refractivity contribution in [3.63, 3.8) is 0 Å². The molecule has 0 aliphatic heterocycles. The lowest BCUT2D eigenvalue weighted by atomic mass is 9.63. The number of hydrogen-bond donors (Lipinski definition) is 2. The Labute approximate surface area is 178 Å². The number of halogens is 2. The molecule has 0 radical (unpaired) electrons. The third-order valence-corrected chi connectivity index (χ3v) is 7.01. The number of fused-ring (bicyclic) bond motifs is 1. The first-order valence-corrected chi connectivity index (χ1v) is 10.8. The van der Waals surface area contributed by atoms with Crippen molar-refractivity contribution in [2.75, 3.05) is 5.32 Å². The van der Waals surface area contributed by atoms with Gasteiger partial charge >= 0.3 is 0 Å². The topological polar surface area (TPSA) is 96.5 Å². The van der Waals surface area contributed by atoms with Crippen molar-refractivity contribution < 1.29 is 13.6 Å². The average molecular weight is 426 g/mol. The Bertz CT molecular complexity index is 1140. The van der Waals surface area contributed by atoms with Gasteiger partial charge in [-0.15, -0.1) is 0 Å². The highest BCUT2D eigenvalue weighted by Gasteiger charge is 2.48. The van der Waals surface area contributed by atoms with Crippen LogP contribution in [0.5, 0.6) is 0 Å². The summed E-state index contributed by atoms with van der Waals surface area (Å²) in [7, 11) is 0. The second-order valence-electron chi connectivity index (χ2n) is 8.81. The monoisotopic (exact) mass is 426 g/mol. The number of carbonyl (C=O) groups excluding carboxylic acids is 1. The van der Waals surface area contributed by atoms with Gasteiger partial charge in [0.15, 0.2) is 23.1 Å². The fourth-order valence-corrected chi connectivity index (χ4v) is 5.54. The minimum atomic E-state index is -0.585. The Kier molecular flexibility index (Phi) is 4.91. The predicted molar refractivity (Wildman–Crippen MR) is 111 cm³/mol. The van der Waals surface area contributed by atoms with Crippen LogP contribution >= 0.6 is 0 Å². The molecule has 2 N–H and O–H groups in total. The zero-order valence-corrected chi connectivity index (χ0v) is 17.3. The van der Waals surface area contributed by atoms with Gasteiger partial charge in [0.05, 0.1) is 17.8 Å². The third-order valence-electron chi connectivity index (χ3n) is 7.01. The van der Waals surface area contributed by atoms with Crippen molar-refractivity contribution in [1.29, 1.82) is 0 Å². The van der Waals surface area contributed by atoms with E-state index in [1.807, 2.05) is 0 Å². The van der Waals surface area contributed by atoms with Crippen LogP contribution in [0.2, 0.25) is 0 Å². The van der Waals surface area contributed by atoms with Crippen LogP contribution in [0.15, 0.2) is 18.5 Å². The van der Waals surface area contributed by atoms with Crippen molar-refractivity contribution in [2.24, 2.45) is 11.3 Å². The number of carbonyl (C=O) groups is 1. The van der Waals surface area contributed by atoms with E-state index in [-0.39, 0.29) is 34.8 Å². The summed E-state index contributed by atoms with van der Waals surface area (Å²) in [5.41, 5.74) is 0.680. The lowest BCUT2D eigenvalue weighted by Crippen LogP contribution is -2.49. The van der Waals surface area contributed by atoms with E-state index in [9.17, 15) is 13.6 Å². The third kappa shape index (κ3) is 3.45. The summed E-state index contributed by atoms with van der Waals surface area (Å²) in [5, 5.41) is 10.6. The molecular weight excluding hydrogens is 402 g/mol. The first-order chi connectivity index (χ1) is 15.0. The number of H-pyrrole nitrogens is 1. The zero-order valence-electron chi connectivity index (χ0n) is 17.3. The Balaban J connectivity index is 1.54. The van der Waals surface area contributed by atoms with Crippen LogP contribution in [0.3, 0.4) is 0 Å². The van der Waals surface area contributed by atoms with Crippen LogP contribution < -0.4 is 5.32 Å². The van der Waals surface area contributed by atoms with Gasteiger partial charge in [-0.05, 0) is 44.1 Å². The maximum Gasteiger partial charge on any atom is 0.183 e. The number of ketones is 1. The number of rotatable bonds is 4. The number of Topliss-reactive ketones (excluding diaryl/α,β-unsaturated/α-hetero) is 1. The minimum Gasteiger partial charge on any atom is -0.363 e. The van der Waals surface area contributed by atoms with E-state index in [0.717, 1.165) is 57.3 Å². The van der Waals surface area contributed by atoms with Crippen molar-refractivity contribution >= 4 is 22.6 Å². The van der Waals surface area contributed by atoms with Gasteiger partial charge in [0.2, 0.25) is 0 Å². The molecule has 0 saturated heterocycles. The van der Waals surface area contributed by atoms with Crippen LogP contribution in [-0.2, 0) is 4.79 Å². The molecule has 2 fully saturated rings. The highest BCUT2D eigenvalue weighted by Crippen LogP contribution is 2.52. The van der Waals surface area contributed by atoms with E-state index in [2.05, 4.69) is 30.5 Å². The van der Waals surface area contributed by atoms with Crippen LogP contribution in [0.1, 0.15) is 51.9 Å². The van der Waals surface area contributed by atoms with Crippen molar-refractivity contribution in [3.8, 4) is 11.5 Å². The molecule has 7 nitrogen and oxygen atoms in total.